The molecule has 21 N–H and O–H groups in total. The second-order valence-electron chi connectivity index (χ2n) is 20.4. The summed E-state index contributed by atoms with van der Waals surface area (Å²) >= 11 is 0. The third-order valence-electron chi connectivity index (χ3n) is 13.8. The molecule has 0 bridgehead atoms. The molecule has 0 unspecified atom stereocenters. The van der Waals surface area contributed by atoms with Crippen molar-refractivity contribution in [2.24, 2.45) is 0 Å². The van der Waals surface area contributed by atoms with E-state index < -0.39 is 271 Å². The van der Waals surface area contributed by atoms with Crippen LogP contribution in [0.5, 0.6) is 0 Å². The maximum Gasteiger partial charge on any atom is 0.397 e. The van der Waals surface area contributed by atoms with Gasteiger partial charge in [-0.25, -0.2) is 26.9 Å². The molecule has 29 atom stereocenters. The Labute approximate surface area is 510 Å². The van der Waals surface area contributed by atoms with Gasteiger partial charge in [-0.3, -0.25) is 28.0 Å². The molecule has 0 aliphatic carbocycles. The van der Waals surface area contributed by atoms with Crippen LogP contribution in [0.2, 0.25) is 0 Å². The molecule has 0 aromatic heterocycles. The highest BCUT2D eigenvalue weighted by atomic mass is 32.3. The standard InChI is InChI=1S/C42H67N3O43S3/c1-8(47)43-11(4-46)27(17(51)12(50)5-76-89(67,68)69)81-41-25(59)22(56)30(33(87-41)36(63)64)84-39-16(45-10(3)49)29(19(53)14(80-39)7-78-91(73,74)75)83-42-26(60)23(57)31(34(88-42)37(65)66)85-38-15(44-9(2)48)28(18(52)13(79-38)6-77-90(70,71)72)82-40-24(58)20(54)21(55)32(86-40)35(61)62/h11-34,38-42,46,50-60H,4-7H2,1-3H3,(H,43,47)(H,44,48)(H,45,49)(H,61,62)(H,63,64)(H,65,66)(H,67,68,69)(H,70,71,72)(H,73,74,75)/t11-,12+,13+,14+,15+,16+,17-,18-,19-,20-,21-,22+,23+,24+,25+,26+,27+,28+,29+,30-,31-,32-,33-,34-,38-,39-,40+,41+,42+/m0/s1. The van der Waals surface area contributed by atoms with Crippen LogP contribution in [0.15, 0.2) is 0 Å². The fraction of sp³-hybridized carbons (Fsp3) is 0.857. The molecule has 5 aliphatic heterocycles. The molecule has 0 spiro atoms. The van der Waals surface area contributed by atoms with Crippen molar-refractivity contribution < 1.29 is 204 Å². The van der Waals surface area contributed by atoms with Gasteiger partial charge in [0.2, 0.25) is 17.7 Å². The summed E-state index contributed by atoms with van der Waals surface area (Å²) in [6.45, 7) is -3.30. The second-order valence-corrected chi connectivity index (χ2v) is 23.7. The fourth-order valence-corrected chi connectivity index (χ4v) is 10.6. The molecule has 0 radical (unpaired) electrons. The van der Waals surface area contributed by atoms with E-state index in [1.807, 2.05) is 0 Å². The van der Waals surface area contributed by atoms with Crippen molar-refractivity contribution >= 4 is 66.8 Å². The van der Waals surface area contributed by atoms with Crippen molar-refractivity contribution in [1.82, 2.24) is 16.0 Å². The Morgan fingerprint density at radius 2 is 0.813 bits per heavy atom. The van der Waals surface area contributed by atoms with Gasteiger partial charge < -0.3 is 140 Å². The number of carbonyl (C=O) groups excluding carboxylic acids is 3. The van der Waals surface area contributed by atoms with Crippen LogP contribution < -0.4 is 16.0 Å². The number of aliphatic hydroxyl groups excluding tert-OH is 12. The first-order valence-corrected chi connectivity index (χ1v) is 30.1. The summed E-state index contributed by atoms with van der Waals surface area (Å²) in [6.07, 6.45) is -65.7. The lowest BCUT2D eigenvalue weighted by molar-refractivity contribution is -0.375. The van der Waals surface area contributed by atoms with Crippen LogP contribution in [-0.4, -0.2) is 355 Å². The smallest absolute Gasteiger partial charge is 0.397 e. The number of carbonyl (C=O) groups is 6. The largest absolute Gasteiger partial charge is 0.479 e. The molecule has 5 rings (SSSR count). The number of nitrogens with one attached hydrogen (secondary N) is 3. The molecule has 46 nitrogen and oxygen atoms in total. The quantitative estimate of drug-likeness (QED) is 0.0309. The molecule has 0 aromatic carbocycles. The van der Waals surface area contributed by atoms with Gasteiger partial charge in [-0.15, -0.1) is 0 Å². The molecular formula is C42H67N3O43S3. The first-order valence-electron chi connectivity index (χ1n) is 26.0. The minimum Gasteiger partial charge on any atom is -0.479 e. The average molecular weight is 1400 g/mol. The van der Waals surface area contributed by atoms with Gasteiger partial charge in [-0.2, -0.15) is 25.3 Å². The van der Waals surface area contributed by atoms with Gasteiger partial charge in [0.25, 0.3) is 0 Å². The van der Waals surface area contributed by atoms with Gasteiger partial charge in [0.15, 0.2) is 49.8 Å². The lowest BCUT2D eigenvalue weighted by atomic mass is 9.93. The molecule has 5 aliphatic rings. The van der Waals surface area contributed by atoms with E-state index in [1.54, 1.807) is 0 Å². The van der Waals surface area contributed by atoms with E-state index in [1.165, 1.54) is 0 Å². The van der Waals surface area contributed by atoms with Crippen LogP contribution in [0.4, 0.5) is 0 Å². The number of aliphatic hydroxyl groups is 12. The van der Waals surface area contributed by atoms with Crippen LogP contribution in [0.25, 0.3) is 0 Å². The molecule has 0 aromatic rings. The van der Waals surface area contributed by atoms with Crippen molar-refractivity contribution in [2.75, 3.05) is 26.4 Å². The third kappa shape index (κ3) is 20.3. The lowest BCUT2D eigenvalue weighted by Crippen LogP contribution is -2.71. The number of hydrogen-bond donors (Lipinski definition) is 21. The highest BCUT2D eigenvalue weighted by Gasteiger charge is 2.60. The maximum atomic E-state index is 13.1. The number of carboxylic acid groups (broad SMARTS) is 3. The number of amides is 3. The molecular weight excluding hydrogens is 1330 g/mol. The molecule has 49 heteroatoms. The number of aliphatic carboxylic acids is 3. The Kier molecular flexibility index (Phi) is 27.0. The zero-order valence-corrected chi connectivity index (χ0v) is 49.0. The van der Waals surface area contributed by atoms with Gasteiger partial charge >= 0.3 is 49.1 Å². The van der Waals surface area contributed by atoms with Gasteiger partial charge in [-0.1, -0.05) is 0 Å². The topological polar surface area (TPSA) is 725 Å². The fourth-order valence-electron chi connectivity index (χ4n) is 9.67. The summed E-state index contributed by atoms with van der Waals surface area (Å²) in [5.74, 6) is -9.65. The zero-order chi connectivity index (χ0) is 68.8. The van der Waals surface area contributed by atoms with Crippen molar-refractivity contribution in [3.8, 4) is 0 Å². The van der Waals surface area contributed by atoms with E-state index in [2.05, 4.69) is 28.5 Å². The van der Waals surface area contributed by atoms with Crippen LogP contribution in [0, 0.1) is 0 Å². The molecule has 91 heavy (non-hydrogen) atoms. The van der Waals surface area contributed by atoms with E-state index >= 15 is 0 Å². The van der Waals surface area contributed by atoms with Crippen LogP contribution in [0.3, 0.4) is 0 Å². The number of carboxylic acids is 3. The summed E-state index contributed by atoms with van der Waals surface area (Å²) in [5, 5.41) is 169. The predicted molar refractivity (Wildman–Crippen MR) is 269 cm³/mol. The molecule has 5 fully saturated rings. The van der Waals surface area contributed by atoms with Crippen molar-refractivity contribution in [3.05, 3.63) is 0 Å². The predicted octanol–water partition coefficient (Wildman–Crippen LogP) is -14.3. The van der Waals surface area contributed by atoms with Gasteiger partial charge in [-0.05, 0) is 0 Å². The lowest BCUT2D eigenvalue weighted by Gasteiger charge is -2.50. The molecule has 5 saturated heterocycles. The Morgan fingerprint density at radius 3 is 1.18 bits per heavy atom. The van der Waals surface area contributed by atoms with Crippen molar-refractivity contribution in [1.29, 1.82) is 0 Å². The highest BCUT2D eigenvalue weighted by molar-refractivity contribution is 7.81. The van der Waals surface area contributed by atoms with E-state index in [4.69, 9.17) is 51.9 Å². The monoisotopic (exact) mass is 1400 g/mol. The minimum absolute atomic E-state index is 0.744. The summed E-state index contributed by atoms with van der Waals surface area (Å²) in [5.41, 5.74) is 0. The Bertz CT molecular complexity index is 2860. The normalized spacial score (nSPS) is 38.9. The number of hydrogen-bond acceptors (Lipinski definition) is 37. The number of ether oxygens (including phenoxy) is 10. The molecule has 5 heterocycles. The van der Waals surface area contributed by atoms with Crippen molar-refractivity contribution in [3.63, 3.8) is 0 Å². The van der Waals surface area contributed by atoms with Crippen LogP contribution in [-0.2, 0) is 120 Å². The summed E-state index contributed by atoms with van der Waals surface area (Å²) in [6, 6.07) is -6.38. The van der Waals surface area contributed by atoms with E-state index in [0.29, 0.717) is 0 Å². The minimum atomic E-state index is -5.54. The van der Waals surface area contributed by atoms with Crippen LogP contribution >= 0.6 is 0 Å². The van der Waals surface area contributed by atoms with Crippen molar-refractivity contribution in [2.45, 2.75) is 199 Å². The SMILES string of the molecule is CC(=O)N[C@H]1[C@H](O[C@H]2[C@H](O)[C@@H](O)[C@H](O[C@H]3[C@@H](O)[C@@H](COS(=O)(=O)O)O[C@@H](O[C@H]4[C@H](O)[C@@H](O)[C@H](O[C@@H]([C@@H](O)[C@H](O)COS(=O)(=O)O)[C@H](CO)NC(C)=O)O[C@@H]4C(=O)O)[C@@H]3NC(C)=O)O[C@@H]2C(=O)O)O[C@H](COS(=O)(=O)O)[C@H](O)[C@@H]1O[C@@H]1O[C@H](C(=O)O)[C@@H](O)[C@H](O)[C@H]1O. The molecule has 3 amide bonds. The Morgan fingerprint density at radius 1 is 0.451 bits per heavy atom. The molecule has 0 saturated carbocycles. The molecule has 526 valence electrons. The maximum absolute atomic E-state index is 13.1. The number of rotatable bonds is 29. The van der Waals surface area contributed by atoms with Gasteiger partial charge in [0.1, 0.15) is 122 Å². The van der Waals surface area contributed by atoms with E-state index in [0.717, 1.165) is 20.8 Å². The first-order chi connectivity index (χ1) is 42.0. The summed E-state index contributed by atoms with van der Waals surface area (Å²) in [4.78, 5) is 75.5. The van der Waals surface area contributed by atoms with E-state index in [-0.39, 0.29) is 0 Å². The van der Waals surface area contributed by atoms with Crippen LogP contribution in [0.1, 0.15) is 20.8 Å². The summed E-state index contributed by atoms with van der Waals surface area (Å²) in [7, 11) is -16.3. The zero-order valence-electron chi connectivity index (χ0n) is 46.6. The van der Waals surface area contributed by atoms with Gasteiger partial charge in [0, 0.05) is 20.8 Å². The summed E-state index contributed by atoms with van der Waals surface area (Å²) < 4.78 is 165. The first kappa shape index (κ1) is 77.3. The third-order valence-corrected chi connectivity index (χ3v) is 15.1. The van der Waals surface area contributed by atoms with E-state index in [9.17, 15) is 140 Å². The highest BCUT2D eigenvalue weighted by Crippen LogP contribution is 2.37. The van der Waals surface area contributed by atoms with Gasteiger partial charge in [0.05, 0.1) is 32.5 Å². The average Bonchev–Trinajstić information content (AvgIpc) is 0.777. The second kappa shape index (κ2) is 31.9. The Balaban J connectivity index is 1.51. The Hall–Kier alpha value is -4.45.